The fourth-order valence-corrected chi connectivity index (χ4v) is 2.19. The van der Waals surface area contributed by atoms with E-state index < -0.39 is 0 Å². The minimum Gasteiger partial charge on any atom is -0.348 e. The largest absolute Gasteiger partial charge is 0.348 e. The van der Waals surface area contributed by atoms with Crippen LogP contribution in [0, 0.1) is 6.92 Å². The van der Waals surface area contributed by atoms with Gasteiger partial charge >= 0.3 is 0 Å². The van der Waals surface area contributed by atoms with Crippen molar-refractivity contribution >= 4 is 17.6 Å². The minimum atomic E-state index is -0.119. The van der Waals surface area contributed by atoms with Gasteiger partial charge in [0.05, 0.1) is 11.9 Å². The summed E-state index contributed by atoms with van der Waals surface area (Å²) >= 11 is 0. The molecule has 0 saturated carbocycles. The number of imidazole rings is 1. The minimum absolute atomic E-state index is 0.119. The Bertz CT molecular complexity index is 816. The Kier molecular flexibility index (Phi) is 4.01. The van der Waals surface area contributed by atoms with Crippen LogP contribution in [0.4, 0.5) is 0 Å². The van der Waals surface area contributed by atoms with Gasteiger partial charge in [0.15, 0.2) is 0 Å². The zero-order chi connectivity index (χ0) is 15.4. The maximum Gasteiger partial charge on any atom is 0.244 e. The summed E-state index contributed by atoms with van der Waals surface area (Å²) < 4.78 is 1.93. The van der Waals surface area contributed by atoms with Crippen LogP contribution in [0.1, 0.15) is 16.8 Å². The molecule has 0 aliphatic rings. The van der Waals surface area contributed by atoms with Crippen LogP contribution < -0.4 is 5.32 Å². The number of rotatable bonds is 4. The summed E-state index contributed by atoms with van der Waals surface area (Å²) in [6.45, 7) is 2.57. The van der Waals surface area contributed by atoms with Crippen LogP contribution in [-0.4, -0.2) is 15.3 Å². The highest BCUT2D eigenvalue weighted by atomic mass is 16.1. The van der Waals surface area contributed by atoms with E-state index >= 15 is 0 Å². The zero-order valence-electron chi connectivity index (χ0n) is 12.4. The Morgan fingerprint density at radius 3 is 2.86 bits per heavy atom. The molecule has 3 aromatic rings. The first-order chi connectivity index (χ1) is 10.7. The molecule has 110 valence electrons. The molecule has 2 aromatic heterocycles. The number of amides is 1. The predicted octanol–water partition coefficient (Wildman–Crippen LogP) is 2.97. The van der Waals surface area contributed by atoms with Gasteiger partial charge in [-0.3, -0.25) is 4.79 Å². The third-order valence-corrected chi connectivity index (χ3v) is 3.44. The lowest BCUT2D eigenvalue weighted by molar-refractivity contribution is -0.116. The van der Waals surface area contributed by atoms with Gasteiger partial charge < -0.3 is 9.72 Å². The van der Waals surface area contributed by atoms with Crippen molar-refractivity contribution in [1.29, 1.82) is 0 Å². The molecule has 0 aliphatic carbocycles. The Morgan fingerprint density at radius 2 is 2.05 bits per heavy atom. The Hall–Kier alpha value is -2.88. The average Bonchev–Trinajstić information content (AvgIpc) is 2.96. The highest BCUT2D eigenvalue weighted by Crippen LogP contribution is 2.07. The number of aryl methyl sites for hydroxylation is 1. The summed E-state index contributed by atoms with van der Waals surface area (Å²) in [5.41, 5.74) is 4.04. The van der Waals surface area contributed by atoms with E-state index in [1.165, 1.54) is 11.6 Å². The fraction of sp³-hybridized carbons (Fsp3) is 0.111. The number of carbonyl (C=O) groups excluding carboxylic acids is 1. The second-order valence-electron chi connectivity index (χ2n) is 5.15. The average molecular weight is 291 g/mol. The van der Waals surface area contributed by atoms with Crippen LogP contribution in [0.3, 0.4) is 0 Å². The molecule has 0 bridgehead atoms. The molecule has 1 N–H and O–H groups in total. The maximum absolute atomic E-state index is 11.9. The molecule has 4 heteroatoms. The lowest BCUT2D eigenvalue weighted by Crippen LogP contribution is -2.20. The van der Waals surface area contributed by atoms with Crippen molar-refractivity contribution in [1.82, 2.24) is 14.7 Å². The van der Waals surface area contributed by atoms with Crippen LogP contribution in [0.15, 0.2) is 60.9 Å². The van der Waals surface area contributed by atoms with Crippen molar-refractivity contribution in [2.75, 3.05) is 0 Å². The van der Waals surface area contributed by atoms with Crippen LogP contribution >= 0.6 is 0 Å². The first kappa shape index (κ1) is 14.1. The zero-order valence-corrected chi connectivity index (χ0v) is 12.4. The van der Waals surface area contributed by atoms with Crippen molar-refractivity contribution in [3.63, 3.8) is 0 Å². The van der Waals surface area contributed by atoms with E-state index in [4.69, 9.17) is 0 Å². The number of pyridine rings is 1. The summed E-state index contributed by atoms with van der Waals surface area (Å²) in [6.07, 6.45) is 6.97. The van der Waals surface area contributed by atoms with E-state index in [9.17, 15) is 4.79 Å². The molecule has 0 spiro atoms. The quantitative estimate of drug-likeness (QED) is 0.751. The number of fused-ring (bicyclic) bond motifs is 1. The van der Waals surface area contributed by atoms with Gasteiger partial charge in [0.2, 0.25) is 5.91 Å². The van der Waals surface area contributed by atoms with E-state index in [2.05, 4.69) is 10.3 Å². The lowest BCUT2D eigenvalue weighted by Gasteiger charge is -2.03. The lowest BCUT2D eigenvalue weighted by atomic mass is 10.1. The first-order valence-electron chi connectivity index (χ1n) is 7.16. The Morgan fingerprint density at radius 1 is 1.23 bits per heavy atom. The second-order valence-corrected chi connectivity index (χ2v) is 5.15. The van der Waals surface area contributed by atoms with Gasteiger partial charge in [0.1, 0.15) is 5.65 Å². The summed E-state index contributed by atoms with van der Waals surface area (Å²) in [5, 5.41) is 2.87. The molecule has 0 aliphatic heterocycles. The molecular formula is C18H17N3O. The normalized spacial score (nSPS) is 11.1. The maximum atomic E-state index is 11.9. The molecule has 3 rings (SSSR count). The van der Waals surface area contributed by atoms with Crippen molar-refractivity contribution in [3.8, 4) is 0 Å². The number of benzene rings is 1. The first-order valence-corrected chi connectivity index (χ1v) is 7.16. The van der Waals surface area contributed by atoms with Crippen LogP contribution in [0.25, 0.3) is 11.7 Å². The molecule has 0 fully saturated rings. The smallest absolute Gasteiger partial charge is 0.244 e. The number of nitrogens with one attached hydrogen (secondary N) is 1. The molecule has 0 unspecified atom stereocenters. The monoisotopic (exact) mass is 291 g/mol. The van der Waals surface area contributed by atoms with Crippen LogP contribution in [-0.2, 0) is 11.3 Å². The van der Waals surface area contributed by atoms with E-state index in [1.54, 1.807) is 12.3 Å². The third kappa shape index (κ3) is 3.23. The van der Waals surface area contributed by atoms with E-state index in [0.29, 0.717) is 6.54 Å². The molecule has 0 atom stereocenters. The predicted molar refractivity (Wildman–Crippen MR) is 87.3 cm³/mol. The van der Waals surface area contributed by atoms with Gasteiger partial charge in [0.25, 0.3) is 0 Å². The highest BCUT2D eigenvalue weighted by Gasteiger charge is 2.00. The van der Waals surface area contributed by atoms with Gasteiger partial charge in [0, 0.05) is 18.8 Å². The summed E-state index contributed by atoms with van der Waals surface area (Å²) in [7, 11) is 0. The van der Waals surface area contributed by atoms with Crippen molar-refractivity contribution in [2.24, 2.45) is 0 Å². The second kappa shape index (κ2) is 6.26. The molecule has 0 saturated heterocycles. The van der Waals surface area contributed by atoms with Gasteiger partial charge in [-0.25, -0.2) is 4.98 Å². The van der Waals surface area contributed by atoms with Crippen molar-refractivity contribution in [3.05, 3.63) is 77.8 Å². The van der Waals surface area contributed by atoms with Gasteiger partial charge in [-0.05, 0) is 30.7 Å². The molecule has 0 radical (unpaired) electrons. The molecule has 1 amide bonds. The topological polar surface area (TPSA) is 46.4 Å². The number of nitrogens with zero attached hydrogens (tertiary/aromatic N) is 2. The molecule has 1 aromatic carbocycles. The van der Waals surface area contributed by atoms with Crippen molar-refractivity contribution < 1.29 is 4.79 Å². The Balaban J connectivity index is 1.62. The number of aromatic nitrogens is 2. The molecule has 22 heavy (non-hydrogen) atoms. The number of hydrogen-bond donors (Lipinski definition) is 1. The summed E-state index contributed by atoms with van der Waals surface area (Å²) in [6, 6.07) is 13.9. The summed E-state index contributed by atoms with van der Waals surface area (Å²) in [4.78, 5) is 16.2. The summed E-state index contributed by atoms with van der Waals surface area (Å²) in [5.74, 6) is -0.119. The fourth-order valence-electron chi connectivity index (χ4n) is 2.19. The molecule has 2 heterocycles. The number of hydrogen-bond acceptors (Lipinski definition) is 2. The SMILES string of the molecule is Cc1ccc(CNC(=O)/C=C/c2cnc3ccccn23)cc1. The van der Waals surface area contributed by atoms with Gasteiger partial charge in [-0.15, -0.1) is 0 Å². The Labute approximate surface area is 129 Å². The van der Waals surface area contributed by atoms with E-state index in [1.807, 2.05) is 60.0 Å². The highest BCUT2D eigenvalue weighted by molar-refractivity contribution is 5.91. The molecule has 4 nitrogen and oxygen atoms in total. The van der Waals surface area contributed by atoms with Gasteiger partial charge in [-0.1, -0.05) is 35.9 Å². The van der Waals surface area contributed by atoms with Gasteiger partial charge in [-0.2, -0.15) is 0 Å². The van der Waals surface area contributed by atoms with Crippen LogP contribution in [0.5, 0.6) is 0 Å². The number of carbonyl (C=O) groups is 1. The van der Waals surface area contributed by atoms with Crippen molar-refractivity contribution in [2.45, 2.75) is 13.5 Å². The molecular weight excluding hydrogens is 274 g/mol. The van der Waals surface area contributed by atoms with E-state index in [-0.39, 0.29) is 5.91 Å². The van der Waals surface area contributed by atoms with Crippen LogP contribution in [0.2, 0.25) is 0 Å². The standard InChI is InChI=1S/C18H17N3O/c1-14-5-7-15(8-6-14)12-20-18(22)10-9-16-13-19-17-4-2-3-11-21(16)17/h2-11,13H,12H2,1H3,(H,20,22)/b10-9+. The third-order valence-electron chi connectivity index (χ3n) is 3.44. The van der Waals surface area contributed by atoms with E-state index in [0.717, 1.165) is 16.9 Å².